The zero-order valence-electron chi connectivity index (χ0n) is 11.9. The fraction of sp³-hybridized carbons (Fsp3) is 0.438. The summed E-state index contributed by atoms with van der Waals surface area (Å²) >= 11 is 0. The Morgan fingerprint density at radius 2 is 2.00 bits per heavy atom. The second kappa shape index (κ2) is 5.68. The molecule has 110 valence electrons. The average molecular weight is 285 g/mol. The van der Waals surface area contributed by atoms with Crippen molar-refractivity contribution in [1.29, 1.82) is 0 Å². The van der Waals surface area contributed by atoms with Crippen molar-refractivity contribution < 1.29 is 9.90 Å². The minimum Gasteiger partial charge on any atom is -0.481 e. The maximum absolute atomic E-state index is 11.3. The number of benzene rings is 1. The summed E-state index contributed by atoms with van der Waals surface area (Å²) in [6, 6.07) is 7.89. The second-order valence-electron chi connectivity index (χ2n) is 5.82. The molecule has 1 aliphatic rings. The zero-order valence-corrected chi connectivity index (χ0v) is 11.9. The summed E-state index contributed by atoms with van der Waals surface area (Å²) in [4.78, 5) is 11.3. The molecule has 0 aliphatic heterocycles. The number of carboxylic acid groups (broad SMARTS) is 1. The second-order valence-corrected chi connectivity index (χ2v) is 5.82. The smallest absolute Gasteiger partial charge is 0.305 e. The van der Waals surface area contributed by atoms with E-state index in [1.807, 2.05) is 24.3 Å². The first-order valence-electron chi connectivity index (χ1n) is 7.39. The number of nitrogens with one attached hydrogen (secondary N) is 1. The molecule has 3 rings (SSSR count). The van der Waals surface area contributed by atoms with Crippen molar-refractivity contribution in [1.82, 2.24) is 10.2 Å². The van der Waals surface area contributed by atoms with Gasteiger partial charge in [-0.3, -0.25) is 4.79 Å². The highest BCUT2D eigenvalue weighted by atomic mass is 16.4. The van der Waals surface area contributed by atoms with E-state index in [4.69, 9.17) is 0 Å². The maximum Gasteiger partial charge on any atom is 0.305 e. The molecule has 0 radical (unpaired) electrons. The van der Waals surface area contributed by atoms with Gasteiger partial charge in [0.15, 0.2) is 5.82 Å². The van der Waals surface area contributed by atoms with Crippen molar-refractivity contribution in [2.75, 3.05) is 5.32 Å². The van der Waals surface area contributed by atoms with E-state index in [1.54, 1.807) is 6.20 Å². The molecule has 1 aromatic carbocycles. The number of hydrogen-bond acceptors (Lipinski definition) is 4. The lowest BCUT2D eigenvalue weighted by atomic mass is 9.79. The van der Waals surface area contributed by atoms with Gasteiger partial charge in [0.05, 0.1) is 12.6 Å². The van der Waals surface area contributed by atoms with E-state index >= 15 is 0 Å². The lowest BCUT2D eigenvalue weighted by Crippen LogP contribution is -2.42. The highest BCUT2D eigenvalue weighted by Crippen LogP contribution is 2.35. The van der Waals surface area contributed by atoms with E-state index in [-0.39, 0.29) is 6.42 Å². The van der Waals surface area contributed by atoms with Gasteiger partial charge in [-0.25, -0.2) is 0 Å². The van der Waals surface area contributed by atoms with Crippen LogP contribution >= 0.6 is 0 Å². The first-order chi connectivity index (χ1) is 10.2. The highest BCUT2D eigenvalue weighted by Gasteiger charge is 2.35. The number of carbonyl (C=O) groups is 1. The van der Waals surface area contributed by atoms with Gasteiger partial charge in [-0.2, -0.15) is 5.10 Å². The summed E-state index contributed by atoms with van der Waals surface area (Å²) in [5.74, 6) is -0.0751. The predicted molar refractivity (Wildman–Crippen MR) is 81.2 cm³/mol. The number of aromatic nitrogens is 2. The Balaban J connectivity index is 1.95. The summed E-state index contributed by atoms with van der Waals surface area (Å²) in [7, 11) is 0. The molecule has 5 nitrogen and oxygen atoms in total. The Kier molecular flexibility index (Phi) is 3.73. The van der Waals surface area contributed by atoms with E-state index in [9.17, 15) is 9.90 Å². The van der Waals surface area contributed by atoms with Crippen molar-refractivity contribution in [3.63, 3.8) is 0 Å². The van der Waals surface area contributed by atoms with Crippen LogP contribution in [0.15, 0.2) is 30.5 Å². The van der Waals surface area contributed by atoms with Gasteiger partial charge >= 0.3 is 5.97 Å². The van der Waals surface area contributed by atoms with Crippen molar-refractivity contribution in [2.24, 2.45) is 0 Å². The molecule has 0 unspecified atom stereocenters. The van der Waals surface area contributed by atoms with Crippen LogP contribution in [0.1, 0.15) is 38.5 Å². The number of rotatable bonds is 4. The minimum atomic E-state index is -0.766. The molecule has 1 aliphatic carbocycles. The summed E-state index contributed by atoms with van der Waals surface area (Å²) in [5, 5.41) is 22.9. The molecule has 1 aromatic heterocycles. The largest absolute Gasteiger partial charge is 0.481 e. The molecule has 2 N–H and O–H groups in total. The van der Waals surface area contributed by atoms with Crippen LogP contribution in [0.4, 0.5) is 5.82 Å². The van der Waals surface area contributed by atoms with E-state index in [0.717, 1.165) is 36.5 Å². The molecular weight excluding hydrogens is 266 g/mol. The lowest BCUT2D eigenvalue weighted by Gasteiger charge is -2.37. The topological polar surface area (TPSA) is 75.1 Å². The zero-order chi connectivity index (χ0) is 14.7. The maximum atomic E-state index is 11.3. The SMILES string of the molecule is O=C(O)CC1(Nc2nncc3ccccc23)CCCCC1. The van der Waals surface area contributed by atoms with Crippen LogP contribution in [0.5, 0.6) is 0 Å². The Morgan fingerprint density at radius 3 is 2.76 bits per heavy atom. The molecule has 0 spiro atoms. The number of carboxylic acids is 1. The van der Waals surface area contributed by atoms with Crippen molar-refractivity contribution in [3.05, 3.63) is 30.5 Å². The van der Waals surface area contributed by atoms with E-state index in [0.29, 0.717) is 5.82 Å². The van der Waals surface area contributed by atoms with Gasteiger partial charge in [-0.1, -0.05) is 43.5 Å². The molecule has 0 atom stereocenters. The van der Waals surface area contributed by atoms with Gasteiger partial charge in [0.2, 0.25) is 0 Å². The van der Waals surface area contributed by atoms with Crippen LogP contribution in [0.3, 0.4) is 0 Å². The van der Waals surface area contributed by atoms with Crippen LogP contribution in [0, 0.1) is 0 Å². The molecule has 0 saturated heterocycles. The first-order valence-corrected chi connectivity index (χ1v) is 7.39. The highest BCUT2D eigenvalue weighted by molar-refractivity contribution is 5.91. The molecule has 21 heavy (non-hydrogen) atoms. The summed E-state index contributed by atoms with van der Waals surface area (Å²) in [6.07, 6.45) is 6.86. The minimum absolute atomic E-state index is 0.123. The number of anilines is 1. The van der Waals surface area contributed by atoms with Crippen molar-refractivity contribution >= 4 is 22.6 Å². The van der Waals surface area contributed by atoms with Crippen molar-refractivity contribution in [3.8, 4) is 0 Å². The first kappa shape index (κ1) is 13.8. The van der Waals surface area contributed by atoms with Gasteiger partial charge in [0.25, 0.3) is 0 Å². The molecule has 1 fully saturated rings. The van der Waals surface area contributed by atoms with E-state index < -0.39 is 11.5 Å². The molecule has 1 saturated carbocycles. The fourth-order valence-corrected chi connectivity index (χ4v) is 3.24. The fourth-order valence-electron chi connectivity index (χ4n) is 3.24. The molecule has 5 heteroatoms. The van der Waals surface area contributed by atoms with Crippen LogP contribution in [0.2, 0.25) is 0 Å². The molecule has 2 aromatic rings. The monoisotopic (exact) mass is 285 g/mol. The molecule has 0 amide bonds. The lowest BCUT2D eigenvalue weighted by molar-refractivity contribution is -0.138. The quantitative estimate of drug-likeness (QED) is 0.902. The van der Waals surface area contributed by atoms with Gasteiger partial charge in [0, 0.05) is 16.3 Å². The molecular formula is C16H19N3O2. The Bertz CT molecular complexity index is 646. The van der Waals surface area contributed by atoms with Crippen molar-refractivity contribution in [2.45, 2.75) is 44.1 Å². The van der Waals surface area contributed by atoms with Gasteiger partial charge in [0.1, 0.15) is 0 Å². The Morgan fingerprint density at radius 1 is 1.24 bits per heavy atom. The summed E-state index contributed by atoms with van der Waals surface area (Å²) in [6.45, 7) is 0. The number of nitrogens with zero attached hydrogens (tertiary/aromatic N) is 2. The third-order valence-electron chi connectivity index (χ3n) is 4.25. The Labute approximate surface area is 123 Å². The normalized spacial score (nSPS) is 17.5. The number of aliphatic carboxylic acids is 1. The van der Waals surface area contributed by atoms with Gasteiger partial charge < -0.3 is 10.4 Å². The predicted octanol–water partition coefficient (Wildman–Crippen LogP) is 3.22. The van der Waals surface area contributed by atoms with Gasteiger partial charge in [-0.15, -0.1) is 5.10 Å². The average Bonchev–Trinajstić information content (AvgIpc) is 2.48. The third kappa shape index (κ3) is 2.96. The van der Waals surface area contributed by atoms with Gasteiger partial charge in [-0.05, 0) is 12.8 Å². The van der Waals surface area contributed by atoms with E-state index in [1.165, 1.54) is 6.42 Å². The third-order valence-corrected chi connectivity index (χ3v) is 4.25. The van der Waals surface area contributed by atoms with Crippen LogP contribution in [0.25, 0.3) is 10.8 Å². The number of hydrogen-bond donors (Lipinski definition) is 2. The standard InChI is InChI=1S/C16H19N3O2/c20-14(21)10-16(8-4-1-5-9-16)18-15-13-7-3-2-6-12(13)11-17-19-15/h2-3,6-7,11H,1,4-5,8-10H2,(H,18,19)(H,20,21). The molecule has 0 bridgehead atoms. The number of fused-ring (bicyclic) bond motifs is 1. The summed E-state index contributed by atoms with van der Waals surface area (Å²) in [5.41, 5.74) is -0.400. The summed E-state index contributed by atoms with van der Waals surface area (Å²) < 4.78 is 0. The van der Waals surface area contributed by atoms with Crippen LogP contribution in [-0.2, 0) is 4.79 Å². The van der Waals surface area contributed by atoms with E-state index in [2.05, 4.69) is 15.5 Å². The Hall–Kier alpha value is -2.17. The van der Waals surface area contributed by atoms with Crippen LogP contribution in [-0.4, -0.2) is 26.8 Å². The molecule has 1 heterocycles. The van der Waals surface area contributed by atoms with Crippen LogP contribution < -0.4 is 5.32 Å².